The summed E-state index contributed by atoms with van der Waals surface area (Å²) in [6.07, 6.45) is 3.62. The molecule has 48 heavy (non-hydrogen) atoms. The number of anilines is 3. The lowest BCUT2D eigenvalue weighted by Gasteiger charge is -2.35. The smallest absolute Gasteiger partial charge is 0.412 e. The number of rotatable bonds is 9. The van der Waals surface area contributed by atoms with E-state index in [2.05, 4.69) is 46.7 Å². The third-order valence-corrected chi connectivity index (χ3v) is 8.28. The second-order valence-electron chi connectivity index (χ2n) is 11.2. The van der Waals surface area contributed by atoms with Crippen LogP contribution in [0.3, 0.4) is 0 Å². The number of carbonyl (C=O) groups is 3. The molecule has 6 rings (SSSR count). The summed E-state index contributed by atoms with van der Waals surface area (Å²) in [7, 11) is 0. The first-order valence-electron chi connectivity index (χ1n) is 15.5. The molecule has 0 aliphatic carbocycles. The van der Waals surface area contributed by atoms with E-state index < -0.39 is 18.1 Å². The maximum absolute atomic E-state index is 13.9. The minimum Gasteiger partial charge on any atom is -0.445 e. The highest BCUT2D eigenvalue weighted by Crippen LogP contribution is 2.30. The van der Waals surface area contributed by atoms with Gasteiger partial charge in [0, 0.05) is 35.2 Å². The predicted molar refractivity (Wildman–Crippen MR) is 187 cm³/mol. The zero-order valence-corrected chi connectivity index (χ0v) is 27.5. The van der Waals surface area contributed by atoms with Crippen molar-refractivity contribution in [1.82, 2.24) is 15.3 Å². The van der Waals surface area contributed by atoms with Crippen molar-refractivity contribution in [3.8, 4) is 0 Å². The number of nitrogens with one attached hydrogen (secondary N) is 3. The number of aromatic nitrogens is 2. The van der Waals surface area contributed by atoms with Crippen LogP contribution < -0.4 is 20.9 Å². The van der Waals surface area contributed by atoms with Gasteiger partial charge in [0.05, 0.1) is 28.8 Å². The van der Waals surface area contributed by atoms with E-state index in [0.29, 0.717) is 24.3 Å². The molecule has 3 amide bonds. The summed E-state index contributed by atoms with van der Waals surface area (Å²) in [4.78, 5) is 50.2. The van der Waals surface area contributed by atoms with Gasteiger partial charge in [-0.15, -0.1) is 0 Å². The second kappa shape index (κ2) is 15.4. The number of alkyl carbamates (subject to hydrolysis) is 1. The number of ether oxygens (including phenoxy) is 2. The lowest BCUT2D eigenvalue weighted by atomic mass is 10.0. The lowest BCUT2D eigenvalue weighted by molar-refractivity contribution is 0.102. The number of hydrogen-bond acceptors (Lipinski definition) is 8. The van der Waals surface area contributed by atoms with Crippen molar-refractivity contribution >= 4 is 62.0 Å². The van der Waals surface area contributed by atoms with Crippen LogP contribution in [0.25, 0.3) is 10.9 Å². The lowest BCUT2D eigenvalue weighted by Crippen LogP contribution is -2.48. The Labute approximate surface area is 285 Å². The molecular formula is C36H33BrN6O5. The normalized spacial score (nSPS) is 14.2. The molecule has 0 radical (unpaired) electrons. The fourth-order valence-corrected chi connectivity index (χ4v) is 5.81. The van der Waals surface area contributed by atoms with E-state index in [4.69, 9.17) is 9.47 Å². The van der Waals surface area contributed by atoms with E-state index in [9.17, 15) is 14.4 Å². The van der Waals surface area contributed by atoms with Gasteiger partial charge in [0.1, 0.15) is 13.2 Å². The Balaban J connectivity index is 1.16. The Morgan fingerprint density at radius 1 is 0.833 bits per heavy atom. The maximum Gasteiger partial charge on any atom is 0.412 e. The van der Waals surface area contributed by atoms with Crippen LogP contribution in [0.1, 0.15) is 34.5 Å². The van der Waals surface area contributed by atoms with Gasteiger partial charge in [-0.1, -0.05) is 82.7 Å². The van der Waals surface area contributed by atoms with Gasteiger partial charge in [-0.25, -0.2) is 14.6 Å². The van der Waals surface area contributed by atoms with E-state index >= 15 is 0 Å². The molecule has 0 unspecified atom stereocenters. The predicted octanol–water partition coefficient (Wildman–Crippen LogP) is 7.29. The molecule has 0 bridgehead atoms. The van der Waals surface area contributed by atoms with Gasteiger partial charge in [0.2, 0.25) is 0 Å². The van der Waals surface area contributed by atoms with Crippen LogP contribution in [0.15, 0.2) is 108 Å². The number of nitrogens with zero attached hydrogens (tertiary/aromatic N) is 3. The monoisotopic (exact) mass is 708 g/mol. The molecule has 244 valence electrons. The van der Waals surface area contributed by atoms with Crippen molar-refractivity contribution in [2.75, 3.05) is 28.6 Å². The second-order valence-corrected chi connectivity index (χ2v) is 12.2. The van der Waals surface area contributed by atoms with E-state index in [1.54, 1.807) is 24.5 Å². The van der Waals surface area contributed by atoms with Gasteiger partial charge in [0.25, 0.3) is 5.91 Å². The molecule has 5 aromatic rings. The average molecular weight is 710 g/mol. The molecule has 3 N–H and O–H groups in total. The molecule has 1 aliphatic rings. The Morgan fingerprint density at radius 2 is 1.54 bits per heavy atom. The molecule has 2 aromatic heterocycles. The van der Waals surface area contributed by atoms with Crippen LogP contribution in [0, 0.1) is 0 Å². The molecule has 11 nitrogen and oxygen atoms in total. The highest BCUT2D eigenvalue weighted by atomic mass is 79.9. The minimum atomic E-state index is -0.720. The van der Waals surface area contributed by atoms with Crippen LogP contribution in [0.4, 0.5) is 26.7 Å². The summed E-state index contributed by atoms with van der Waals surface area (Å²) in [6, 6.07) is 27.7. The van der Waals surface area contributed by atoms with Crippen molar-refractivity contribution in [3.63, 3.8) is 0 Å². The summed E-state index contributed by atoms with van der Waals surface area (Å²) in [6.45, 7) is 1.48. The fourth-order valence-electron chi connectivity index (χ4n) is 5.46. The molecule has 1 aliphatic heterocycles. The zero-order valence-electron chi connectivity index (χ0n) is 25.9. The van der Waals surface area contributed by atoms with Crippen molar-refractivity contribution in [1.29, 1.82) is 0 Å². The highest BCUT2D eigenvalue weighted by molar-refractivity contribution is 9.10. The standard InChI is InChI=1S/C36H33BrN6O5/c37-27-14-13-26-18-30(42-36(46)48-23-25-10-5-2-6-11-25)33(40-29(26)19-27)34(44)41-31-20-38-16-15-32(31)43-17-7-12-28(21-43)39-35(45)47-22-24-8-3-1-4-9-24/h1-6,8-11,13-16,18-20,28H,7,12,17,21-23H2,(H,39,45)(H,41,44)(H,42,46)/t28-/m0/s1. The van der Waals surface area contributed by atoms with Crippen LogP contribution in [0.5, 0.6) is 0 Å². The Morgan fingerprint density at radius 3 is 2.27 bits per heavy atom. The van der Waals surface area contributed by atoms with Crippen molar-refractivity contribution in [2.24, 2.45) is 0 Å². The van der Waals surface area contributed by atoms with Crippen molar-refractivity contribution < 1.29 is 23.9 Å². The molecular weight excluding hydrogens is 676 g/mol. The average Bonchev–Trinajstić information content (AvgIpc) is 3.11. The highest BCUT2D eigenvalue weighted by Gasteiger charge is 2.25. The first kappa shape index (κ1) is 32.5. The molecule has 0 spiro atoms. The first-order valence-corrected chi connectivity index (χ1v) is 16.3. The van der Waals surface area contributed by atoms with E-state index in [1.165, 1.54) is 0 Å². The molecule has 1 saturated heterocycles. The van der Waals surface area contributed by atoms with Gasteiger partial charge >= 0.3 is 12.2 Å². The summed E-state index contributed by atoms with van der Waals surface area (Å²) in [5, 5.41) is 9.35. The van der Waals surface area contributed by atoms with Crippen LogP contribution in [0.2, 0.25) is 0 Å². The Hall–Kier alpha value is -5.49. The Kier molecular flexibility index (Phi) is 10.4. The van der Waals surface area contributed by atoms with Gasteiger partial charge in [-0.2, -0.15) is 0 Å². The van der Waals surface area contributed by atoms with Gasteiger partial charge in [0.15, 0.2) is 5.69 Å². The van der Waals surface area contributed by atoms with Gasteiger partial charge in [-0.05, 0) is 48.2 Å². The van der Waals surface area contributed by atoms with Crippen LogP contribution in [-0.2, 0) is 22.7 Å². The summed E-state index contributed by atoms with van der Waals surface area (Å²) < 4.78 is 11.6. The number of fused-ring (bicyclic) bond motifs is 1. The number of pyridine rings is 2. The number of amides is 3. The minimum absolute atomic E-state index is 0.00594. The molecule has 1 fully saturated rings. The molecule has 0 saturated carbocycles. The maximum atomic E-state index is 13.9. The van der Waals surface area contributed by atoms with Crippen LogP contribution in [-0.4, -0.2) is 47.2 Å². The summed E-state index contributed by atoms with van der Waals surface area (Å²) in [5.41, 5.74) is 3.70. The quantitative estimate of drug-likeness (QED) is 0.145. The van der Waals surface area contributed by atoms with E-state index in [0.717, 1.165) is 39.5 Å². The molecule has 12 heteroatoms. The molecule has 3 aromatic carbocycles. The largest absolute Gasteiger partial charge is 0.445 e. The summed E-state index contributed by atoms with van der Waals surface area (Å²) in [5.74, 6) is -0.541. The molecule has 1 atom stereocenters. The van der Waals surface area contributed by atoms with Crippen LogP contribution >= 0.6 is 15.9 Å². The SMILES string of the molecule is O=C(Nc1cc2ccc(Br)cc2nc1C(=O)Nc1cnccc1N1CCC[C@H](NC(=O)OCc2ccccc2)C1)OCc1ccccc1. The summed E-state index contributed by atoms with van der Waals surface area (Å²) >= 11 is 3.46. The topological polar surface area (TPSA) is 135 Å². The number of carbonyl (C=O) groups excluding carboxylic acids is 3. The van der Waals surface area contributed by atoms with Crippen molar-refractivity contribution in [3.05, 3.63) is 125 Å². The first-order chi connectivity index (χ1) is 23.4. The van der Waals surface area contributed by atoms with E-state index in [-0.39, 0.29) is 30.6 Å². The van der Waals surface area contributed by atoms with Gasteiger partial charge in [-0.3, -0.25) is 15.1 Å². The number of benzene rings is 3. The number of piperidine rings is 1. The number of halogens is 1. The molecule has 3 heterocycles. The third kappa shape index (κ3) is 8.45. The number of hydrogen-bond donors (Lipinski definition) is 3. The Bertz CT molecular complexity index is 1910. The van der Waals surface area contributed by atoms with Gasteiger partial charge < -0.3 is 25.0 Å². The third-order valence-electron chi connectivity index (χ3n) is 7.79. The zero-order chi connectivity index (χ0) is 33.3. The fraction of sp³-hybridized carbons (Fsp3) is 0.194. The van der Waals surface area contributed by atoms with E-state index in [1.807, 2.05) is 78.9 Å². The van der Waals surface area contributed by atoms with Crippen molar-refractivity contribution in [2.45, 2.75) is 32.1 Å².